The SMILES string of the molecule is CC(C)(CO)n1ccc(S(=O)(=O)NC(=O)Nc2c3c(cc4c2CCC4)CCC3)n1.CC(C)c1cc(Cl)cc(C(C)C)c1NC(=O)NS(=O)(=O)c1ccn(CC(C)(C)O)n1.CC(C)c1cc(F)cc(C(C)C)c1NC(=O)NS(=O)(=O)c1ccn(CC(C)(C)O)n1.CC[C@H](O)Cn1ccc(S(=O)(=O)NC(=O)Nc2c3c(cc4c2CCC4)CCC3)n1. The van der Waals surface area contributed by atoms with Gasteiger partial charge < -0.3 is 41.7 Å². The van der Waals surface area contributed by atoms with Crippen molar-refractivity contribution < 1.29 is 77.7 Å². The van der Waals surface area contributed by atoms with Crippen molar-refractivity contribution in [3.63, 3.8) is 0 Å². The highest BCUT2D eigenvalue weighted by Crippen LogP contribution is 2.42. The number of benzene rings is 4. The number of nitrogens with zero attached hydrogens (tertiary/aromatic N) is 8. The Labute approximate surface area is 694 Å². The van der Waals surface area contributed by atoms with Crippen molar-refractivity contribution >= 4 is 98.6 Å². The van der Waals surface area contributed by atoms with Crippen LogP contribution in [0.5, 0.6) is 0 Å². The molecule has 644 valence electrons. The van der Waals surface area contributed by atoms with Gasteiger partial charge in [-0.15, -0.1) is 0 Å². The quantitative estimate of drug-likeness (QED) is 0.0253. The smallest absolute Gasteiger partial charge is 0.333 e. The van der Waals surface area contributed by atoms with Crippen LogP contribution in [0.4, 0.5) is 46.3 Å². The molecule has 1 atom stereocenters. The van der Waals surface area contributed by atoms with Crippen LogP contribution in [0.15, 0.2) is 106 Å². The Hall–Kier alpha value is -9.34. The second kappa shape index (κ2) is 37.5. The number of nitrogens with one attached hydrogen (secondary N) is 8. The lowest BCUT2D eigenvalue weighted by Gasteiger charge is -2.22. The Morgan fingerprint density at radius 1 is 0.449 bits per heavy atom. The summed E-state index contributed by atoms with van der Waals surface area (Å²) >= 11 is 6.23. The molecule has 0 saturated carbocycles. The Kier molecular flexibility index (Phi) is 29.4. The minimum absolute atomic E-state index is 0.0608. The molecular weight excluding hydrogens is 1620 g/mol. The van der Waals surface area contributed by atoms with Crippen LogP contribution >= 0.6 is 11.6 Å². The van der Waals surface area contributed by atoms with Gasteiger partial charge in [0.25, 0.3) is 40.1 Å². The molecule has 0 bridgehead atoms. The minimum Gasteiger partial charge on any atom is -0.394 e. The Morgan fingerprint density at radius 2 is 0.737 bits per heavy atom. The summed E-state index contributed by atoms with van der Waals surface area (Å²) < 4.78 is 128. The summed E-state index contributed by atoms with van der Waals surface area (Å²) in [4.78, 5) is 50.2. The average molecular weight is 1730 g/mol. The molecule has 0 saturated heterocycles. The lowest BCUT2D eigenvalue weighted by Crippen LogP contribution is -2.36. The van der Waals surface area contributed by atoms with Gasteiger partial charge >= 0.3 is 24.1 Å². The number of urea groups is 4. The molecule has 32 nitrogen and oxygen atoms in total. The molecular formula is C80H110ClFN16O16S4. The van der Waals surface area contributed by atoms with Gasteiger partial charge in [0, 0.05) is 52.6 Å². The third kappa shape index (κ3) is 23.8. The van der Waals surface area contributed by atoms with Crippen LogP contribution in [0.25, 0.3) is 0 Å². The zero-order chi connectivity index (χ0) is 87.1. The molecule has 0 spiro atoms. The molecule has 118 heavy (non-hydrogen) atoms. The normalized spacial score (nSPS) is 14.2. The molecule has 4 aromatic carbocycles. The van der Waals surface area contributed by atoms with E-state index in [-0.39, 0.29) is 70.0 Å². The maximum absolute atomic E-state index is 14.0. The average Bonchev–Trinajstić information content (AvgIpc) is 1.63. The zero-order valence-electron chi connectivity index (χ0n) is 69.1. The van der Waals surface area contributed by atoms with Crippen molar-refractivity contribution in [3.05, 3.63) is 163 Å². The third-order valence-corrected chi connectivity index (χ3v) is 25.2. The van der Waals surface area contributed by atoms with Crippen molar-refractivity contribution in [2.45, 2.75) is 274 Å². The number of amides is 8. The number of hydrogen-bond donors (Lipinski definition) is 12. The van der Waals surface area contributed by atoms with Gasteiger partial charge in [-0.3, -0.25) is 18.7 Å². The molecule has 0 radical (unpaired) electrons. The van der Waals surface area contributed by atoms with Crippen LogP contribution in [0, 0.1) is 5.82 Å². The largest absolute Gasteiger partial charge is 0.394 e. The molecule has 8 aromatic rings. The fourth-order valence-electron chi connectivity index (χ4n) is 14.3. The van der Waals surface area contributed by atoms with E-state index in [2.05, 4.69) is 63.2 Å². The van der Waals surface area contributed by atoms with E-state index in [1.807, 2.05) is 71.8 Å². The number of anilines is 4. The number of carbonyl (C=O) groups excluding carboxylic acids is 4. The number of halogens is 2. The number of rotatable bonds is 25. The summed E-state index contributed by atoms with van der Waals surface area (Å²) in [7, 11) is -16.7. The van der Waals surface area contributed by atoms with Gasteiger partial charge in [-0.05, 0) is 264 Å². The molecule has 38 heteroatoms. The number of hydrogen-bond acceptors (Lipinski definition) is 20. The molecule has 8 amide bonds. The Bertz CT molecular complexity index is 5220. The van der Waals surface area contributed by atoms with Gasteiger partial charge in [-0.2, -0.15) is 54.1 Å². The fourth-order valence-corrected chi connectivity index (χ4v) is 18.0. The summed E-state index contributed by atoms with van der Waals surface area (Å²) in [5, 5.41) is 64.9. The predicted molar refractivity (Wildman–Crippen MR) is 447 cm³/mol. The van der Waals surface area contributed by atoms with E-state index in [0.717, 1.165) is 122 Å². The topological polar surface area (TPSA) is 453 Å². The molecule has 12 N–H and O–H groups in total. The van der Waals surface area contributed by atoms with Crippen molar-refractivity contribution in [3.8, 4) is 0 Å². The second-order valence-electron chi connectivity index (χ2n) is 33.1. The van der Waals surface area contributed by atoms with E-state index in [9.17, 15) is 77.7 Å². The van der Waals surface area contributed by atoms with Crippen LogP contribution in [0.1, 0.15) is 226 Å². The molecule has 0 fully saturated rings. The lowest BCUT2D eigenvalue weighted by atomic mass is 9.92. The molecule has 0 unspecified atom stereocenters. The Morgan fingerprint density at radius 3 is 1.04 bits per heavy atom. The monoisotopic (exact) mass is 1730 g/mol. The summed E-state index contributed by atoms with van der Waals surface area (Å²) in [5.74, 6) is -0.486. The minimum atomic E-state index is -4.24. The summed E-state index contributed by atoms with van der Waals surface area (Å²) in [6.07, 6.45) is 17.5. The van der Waals surface area contributed by atoms with Crippen molar-refractivity contribution in [1.29, 1.82) is 0 Å². The summed E-state index contributed by atoms with van der Waals surface area (Å²) in [6.45, 7) is 27.0. The number of aliphatic hydroxyl groups excluding tert-OH is 2. The first-order chi connectivity index (χ1) is 55.0. The predicted octanol–water partition coefficient (Wildman–Crippen LogP) is 11.9. The van der Waals surface area contributed by atoms with Crippen LogP contribution in [0.3, 0.4) is 0 Å². The van der Waals surface area contributed by atoms with Gasteiger partial charge in [0.05, 0.1) is 49.1 Å². The van der Waals surface area contributed by atoms with Crippen molar-refractivity contribution in [2.75, 3.05) is 27.9 Å². The van der Waals surface area contributed by atoms with E-state index >= 15 is 0 Å². The fraction of sp³-hybridized carbons (Fsp3) is 0.500. The number of carbonyl (C=O) groups is 4. The molecule has 4 aliphatic rings. The van der Waals surface area contributed by atoms with E-state index < -0.39 is 92.9 Å². The number of fused-ring (bicyclic) bond motifs is 4. The van der Waals surface area contributed by atoms with Gasteiger partial charge in [-0.25, -0.2) is 42.5 Å². The van der Waals surface area contributed by atoms with Gasteiger partial charge in [0.2, 0.25) is 0 Å². The zero-order valence-corrected chi connectivity index (χ0v) is 73.2. The number of aliphatic hydroxyl groups is 4. The molecule has 0 aliphatic heterocycles. The van der Waals surface area contributed by atoms with E-state index in [1.165, 1.54) is 102 Å². The summed E-state index contributed by atoms with van der Waals surface area (Å²) in [6, 6.07) is 12.4. The number of aromatic nitrogens is 8. The van der Waals surface area contributed by atoms with E-state index in [0.29, 0.717) is 33.9 Å². The maximum atomic E-state index is 14.0. The van der Waals surface area contributed by atoms with Crippen LogP contribution < -0.4 is 40.2 Å². The highest BCUT2D eigenvalue weighted by molar-refractivity contribution is 7.90. The van der Waals surface area contributed by atoms with Crippen molar-refractivity contribution in [1.82, 2.24) is 58.0 Å². The first kappa shape index (κ1) is 92.5. The van der Waals surface area contributed by atoms with Crippen molar-refractivity contribution in [2.24, 2.45) is 0 Å². The van der Waals surface area contributed by atoms with Crippen LogP contribution in [0.2, 0.25) is 5.02 Å². The highest BCUT2D eigenvalue weighted by atomic mass is 35.5. The summed E-state index contributed by atoms with van der Waals surface area (Å²) in [5.41, 5.74) is 12.0. The third-order valence-electron chi connectivity index (χ3n) is 20.1. The molecule has 4 aliphatic carbocycles. The highest BCUT2D eigenvalue weighted by Gasteiger charge is 2.33. The van der Waals surface area contributed by atoms with Crippen LogP contribution in [-0.2, 0) is 117 Å². The van der Waals surface area contributed by atoms with Gasteiger partial charge in [0.15, 0.2) is 20.1 Å². The number of sulfonamides is 4. The number of aryl methyl sites for hydroxylation is 4. The first-order valence-electron chi connectivity index (χ1n) is 39.2. The standard InChI is InChI=1S/C20H29ClN4O4S.C20H29FN4O4S.2C20H26N4O4S/c2*1-12(2)15-9-14(21)10-16(13(3)4)18(15)22-19(26)24-30(28,29)17-7-8-25(23-17)11-20(5,6)27;1-20(2,12-25)24-10-9-17(22-24)29(27,28)23-19(26)21-18-15-7-3-5-13(15)11-14-6-4-8-16(14)18;1-2-15(25)12-24-10-9-18(22-24)29(27,28)23-20(26)21-19-16-7-3-5-13(16)11-14-6-4-8-17(14)19/h2*7-10,12-13,27H,11H2,1-6H3,(H2,22,24,26);9-11,25H,3-8,12H2,1-2H3,(H2,21,23,26);9-11,15,25H,2-8,12H2,1H3,(H2,21,23,26)/t;;;15-/m...0/s1. The van der Waals surface area contributed by atoms with Gasteiger partial charge in [0.1, 0.15) is 5.82 Å². The second-order valence-corrected chi connectivity index (χ2v) is 40.0. The Balaban J connectivity index is 0.000000179. The van der Waals surface area contributed by atoms with Gasteiger partial charge in [-0.1, -0.05) is 86.0 Å². The molecule has 4 aromatic heterocycles. The van der Waals surface area contributed by atoms with E-state index in [1.54, 1.807) is 53.7 Å². The molecule has 4 heterocycles. The lowest BCUT2D eigenvalue weighted by molar-refractivity contribution is 0.0567. The van der Waals surface area contributed by atoms with Crippen LogP contribution in [-0.4, -0.2) is 141 Å². The maximum Gasteiger partial charge on any atom is 0.333 e. The van der Waals surface area contributed by atoms with E-state index in [4.69, 9.17) is 11.6 Å². The first-order valence-corrected chi connectivity index (χ1v) is 45.5. The molecule has 12 rings (SSSR count).